The van der Waals surface area contributed by atoms with Gasteiger partial charge in [-0.2, -0.15) is 0 Å². The smallest absolute Gasteiger partial charge is 0.252 e. The normalized spacial score (nSPS) is 24.4. The Kier molecular flexibility index (Phi) is 6.11. The Bertz CT molecular complexity index is 847. The molecule has 0 spiro atoms. The first-order valence-electron chi connectivity index (χ1n) is 10.3. The molecule has 0 saturated heterocycles. The molecule has 0 saturated carbocycles. The fourth-order valence-corrected chi connectivity index (χ4v) is 3.41. The zero-order valence-corrected chi connectivity index (χ0v) is 18.0. The van der Waals surface area contributed by atoms with E-state index in [9.17, 15) is 9.90 Å². The van der Waals surface area contributed by atoms with Gasteiger partial charge < -0.3 is 15.2 Å². The molecule has 1 aromatic rings. The standard InChI is InChI=1S/C24H32N2O3/c1-16(2)13-14-25-19-12-11-18(21(27)17-9-7-6-8-10-17)22-24(19,28)29-15-20(26-22)23(3,4)5/h6-12,16,20,25,28H,13-15H2,1-5H3. The summed E-state index contributed by atoms with van der Waals surface area (Å²) < 4.78 is 6.00. The number of hydrogen-bond donors (Lipinski definition) is 2. The molecule has 2 unspecified atom stereocenters. The second kappa shape index (κ2) is 8.25. The molecule has 2 aliphatic rings. The monoisotopic (exact) mass is 396 g/mol. The maximum Gasteiger partial charge on any atom is 0.252 e. The van der Waals surface area contributed by atoms with Crippen LogP contribution in [0.15, 0.2) is 58.7 Å². The average molecular weight is 397 g/mol. The van der Waals surface area contributed by atoms with Crippen LogP contribution in [0.4, 0.5) is 0 Å². The van der Waals surface area contributed by atoms with E-state index in [1.807, 2.05) is 18.2 Å². The van der Waals surface area contributed by atoms with Crippen LogP contribution in [0.1, 0.15) is 51.4 Å². The summed E-state index contributed by atoms with van der Waals surface area (Å²) in [6.45, 7) is 11.6. The van der Waals surface area contributed by atoms with Crippen LogP contribution in [0.5, 0.6) is 0 Å². The van der Waals surface area contributed by atoms with Gasteiger partial charge in [-0.05, 0) is 29.9 Å². The molecule has 1 heterocycles. The van der Waals surface area contributed by atoms with Crippen LogP contribution in [0, 0.1) is 11.3 Å². The first-order valence-corrected chi connectivity index (χ1v) is 10.3. The van der Waals surface area contributed by atoms with Crippen LogP contribution >= 0.6 is 0 Å². The molecule has 3 rings (SSSR count). The molecular formula is C24H32N2O3. The second-order valence-corrected chi connectivity index (χ2v) is 9.28. The minimum atomic E-state index is -1.73. The van der Waals surface area contributed by atoms with Crippen LogP contribution in [-0.2, 0) is 4.74 Å². The van der Waals surface area contributed by atoms with Gasteiger partial charge in [-0.25, -0.2) is 0 Å². The van der Waals surface area contributed by atoms with Gasteiger partial charge in [0.2, 0.25) is 0 Å². The van der Waals surface area contributed by atoms with Crippen LogP contribution in [-0.4, -0.2) is 41.6 Å². The highest BCUT2D eigenvalue weighted by atomic mass is 16.6. The van der Waals surface area contributed by atoms with E-state index in [0.717, 1.165) is 6.42 Å². The Morgan fingerprint density at radius 3 is 2.59 bits per heavy atom. The average Bonchev–Trinajstić information content (AvgIpc) is 2.67. The van der Waals surface area contributed by atoms with Crippen molar-refractivity contribution in [1.29, 1.82) is 0 Å². The topological polar surface area (TPSA) is 70.9 Å². The number of fused-ring (bicyclic) bond motifs is 1. The largest absolute Gasteiger partial charge is 0.384 e. The summed E-state index contributed by atoms with van der Waals surface area (Å²) in [5, 5.41) is 14.8. The van der Waals surface area contributed by atoms with Gasteiger partial charge >= 0.3 is 0 Å². The van der Waals surface area contributed by atoms with E-state index < -0.39 is 5.79 Å². The van der Waals surface area contributed by atoms with Crippen LogP contribution in [0.3, 0.4) is 0 Å². The summed E-state index contributed by atoms with van der Waals surface area (Å²) in [5.74, 6) is -1.36. The number of benzene rings is 1. The van der Waals surface area contributed by atoms with Gasteiger partial charge in [0.1, 0.15) is 5.71 Å². The van der Waals surface area contributed by atoms with Gasteiger partial charge in [-0.3, -0.25) is 9.79 Å². The molecule has 1 aliphatic carbocycles. The number of carbonyl (C=O) groups excluding carboxylic acids is 1. The SMILES string of the molecule is CC(C)CCNC1=CC=C(C(=O)c2ccccc2)C2=NC(C(C)(C)C)COC12O. The Morgan fingerprint density at radius 2 is 1.97 bits per heavy atom. The van der Waals surface area contributed by atoms with Crippen molar-refractivity contribution in [2.24, 2.45) is 16.3 Å². The first-order chi connectivity index (χ1) is 13.6. The molecule has 1 aromatic carbocycles. The third-order valence-corrected chi connectivity index (χ3v) is 5.41. The third-order valence-electron chi connectivity index (χ3n) is 5.41. The van der Waals surface area contributed by atoms with E-state index in [4.69, 9.17) is 9.73 Å². The molecule has 29 heavy (non-hydrogen) atoms. The van der Waals surface area contributed by atoms with Gasteiger partial charge in [-0.1, -0.05) is 65.0 Å². The predicted octanol–water partition coefficient (Wildman–Crippen LogP) is 3.90. The molecular weight excluding hydrogens is 364 g/mol. The van der Waals surface area contributed by atoms with E-state index in [0.29, 0.717) is 41.6 Å². The lowest BCUT2D eigenvalue weighted by atomic mass is 9.83. The van der Waals surface area contributed by atoms with E-state index in [2.05, 4.69) is 39.9 Å². The Morgan fingerprint density at radius 1 is 1.28 bits per heavy atom. The quantitative estimate of drug-likeness (QED) is 0.716. The molecule has 0 amide bonds. The predicted molar refractivity (Wildman–Crippen MR) is 116 cm³/mol. The zero-order chi connectivity index (χ0) is 21.2. The van der Waals surface area contributed by atoms with Crippen molar-refractivity contribution in [2.75, 3.05) is 13.2 Å². The fraction of sp³-hybridized carbons (Fsp3) is 0.500. The van der Waals surface area contributed by atoms with E-state index >= 15 is 0 Å². The number of nitrogens with one attached hydrogen (secondary N) is 1. The van der Waals surface area contributed by atoms with Crippen molar-refractivity contribution in [3.63, 3.8) is 0 Å². The van der Waals surface area contributed by atoms with Crippen molar-refractivity contribution in [1.82, 2.24) is 5.32 Å². The van der Waals surface area contributed by atoms with Gasteiger partial charge in [0.25, 0.3) is 5.79 Å². The van der Waals surface area contributed by atoms with Gasteiger partial charge in [0.15, 0.2) is 5.78 Å². The number of allylic oxidation sites excluding steroid dienone is 2. The number of Topliss-reactive ketones (excluding diaryl/α,β-unsaturated/α-hetero) is 1. The Hall–Kier alpha value is -2.24. The zero-order valence-electron chi connectivity index (χ0n) is 18.0. The second-order valence-electron chi connectivity index (χ2n) is 9.28. The van der Waals surface area contributed by atoms with Crippen LogP contribution in [0.25, 0.3) is 0 Å². The number of rotatable bonds is 6. The minimum absolute atomic E-state index is 0.151. The molecule has 156 valence electrons. The van der Waals surface area contributed by atoms with Gasteiger partial charge in [0, 0.05) is 17.7 Å². The molecule has 5 heteroatoms. The molecule has 0 aromatic heterocycles. The summed E-state index contributed by atoms with van der Waals surface area (Å²) >= 11 is 0. The first kappa shape index (κ1) is 21.5. The molecule has 0 fully saturated rings. The number of ketones is 1. The Balaban J connectivity index is 2.01. The van der Waals surface area contributed by atoms with Crippen molar-refractivity contribution >= 4 is 11.5 Å². The molecule has 2 N–H and O–H groups in total. The summed E-state index contributed by atoms with van der Waals surface area (Å²) in [6, 6.07) is 8.92. The van der Waals surface area contributed by atoms with Gasteiger partial charge in [-0.15, -0.1) is 0 Å². The van der Waals surface area contributed by atoms with Crippen LogP contribution < -0.4 is 5.32 Å². The number of aliphatic hydroxyl groups is 1. The summed E-state index contributed by atoms with van der Waals surface area (Å²) in [5.41, 5.74) is 1.62. The number of carbonyl (C=O) groups is 1. The molecule has 0 radical (unpaired) electrons. The number of aliphatic imine (C=N–C) groups is 1. The van der Waals surface area contributed by atoms with E-state index in [1.165, 1.54) is 0 Å². The molecule has 5 nitrogen and oxygen atoms in total. The van der Waals surface area contributed by atoms with Crippen molar-refractivity contribution in [2.45, 2.75) is 52.9 Å². The summed E-state index contributed by atoms with van der Waals surface area (Å²) in [6.07, 6.45) is 4.45. The van der Waals surface area contributed by atoms with Crippen molar-refractivity contribution < 1.29 is 14.6 Å². The maximum atomic E-state index is 13.2. The highest BCUT2D eigenvalue weighted by Crippen LogP contribution is 2.36. The summed E-state index contributed by atoms with van der Waals surface area (Å²) in [7, 11) is 0. The number of nitrogens with zero attached hydrogens (tertiary/aromatic N) is 1. The molecule has 0 bridgehead atoms. The maximum absolute atomic E-state index is 13.2. The lowest BCUT2D eigenvalue weighted by Gasteiger charge is -2.42. The number of ether oxygens (including phenoxy) is 1. The Labute approximate surface area is 173 Å². The minimum Gasteiger partial charge on any atom is -0.384 e. The summed E-state index contributed by atoms with van der Waals surface area (Å²) in [4.78, 5) is 18.0. The number of hydrogen-bond acceptors (Lipinski definition) is 5. The van der Waals surface area contributed by atoms with Gasteiger partial charge in [0.05, 0.1) is 18.3 Å². The van der Waals surface area contributed by atoms with Crippen molar-refractivity contribution in [3.05, 3.63) is 59.3 Å². The highest BCUT2D eigenvalue weighted by Gasteiger charge is 2.48. The highest BCUT2D eigenvalue weighted by molar-refractivity contribution is 6.31. The lowest BCUT2D eigenvalue weighted by Crippen LogP contribution is -2.56. The van der Waals surface area contributed by atoms with E-state index in [1.54, 1.807) is 24.3 Å². The van der Waals surface area contributed by atoms with Crippen LogP contribution in [0.2, 0.25) is 0 Å². The van der Waals surface area contributed by atoms with Crippen molar-refractivity contribution in [3.8, 4) is 0 Å². The molecule has 1 aliphatic heterocycles. The third kappa shape index (κ3) is 4.51. The van der Waals surface area contributed by atoms with E-state index in [-0.39, 0.29) is 17.2 Å². The lowest BCUT2D eigenvalue weighted by molar-refractivity contribution is -0.142. The fourth-order valence-electron chi connectivity index (χ4n) is 3.41. The molecule has 2 atom stereocenters.